The smallest absolute Gasteiger partial charge is 0.277 e. The lowest BCUT2D eigenvalue weighted by atomic mass is 10.2. The van der Waals surface area contributed by atoms with Crippen molar-refractivity contribution in [3.05, 3.63) is 59.7 Å². The normalized spacial score (nSPS) is 10.1. The molecule has 0 unspecified atom stereocenters. The second-order valence-electron chi connectivity index (χ2n) is 4.43. The molecular weight excluding hydrogens is 294 g/mol. The number of rotatable bonds is 6. The molecule has 0 spiro atoms. The molecule has 0 radical (unpaired) electrons. The van der Waals surface area contributed by atoms with E-state index < -0.39 is 5.91 Å². The average Bonchev–Trinajstić information content (AvgIpc) is 2.60. The van der Waals surface area contributed by atoms with Gasteiger partial charge in [0.05, 0.1) is 18.9 Å². The highest BCUT2D eigenvalue weighted by Crippen LogP contribution is 2.16. The molecule has 0 saturated carbocycles. The van der Waals surface area contributed by atoms with Crippen LogP contribution in [0.1, 0.15) is 11.1 Å². The quantitative estimate of drug-likeness (QED) is 0.654. The fourth-order valence-electron chi connectivity index (χ4n) is 1.81. The van der Waals surface area contributed by atoms with Crippen molar-refractivity contribution in [2.45, 2.75) is 0 Å². The first-order valence-corrected chi connectivity index (χ1v) is 6.81. The molecule has 23 heavy (non-hydrogen) atoms. The molecule has 116 valence electrons. The van der Waals surface area contributed by atoms with E-state index in [1.165, 1.54) is 6.21 Å². The summed E-state index contributed by atoms with van der Waals surface area (Å²) in [6.07, 6.45) is 1.49. The van der Waals surface area contributed by atoms with Gasteiger partial charge in [0.25, 0.3) is 5.91 Å². The van der Waals surface area contributed by atoms with Crippen molar-refractivity contribution in [1.29, 1.82) is 5.26 Å². The number of hydrogen-bond acceptors (Lipinski definition) is 5. The molecule has 0 heterocycles. The van der Waals surface area contributed by atoms with E-state index >= 15 is 0 Å². The van der Waals surface area contributed by atoms with E-state index in [1.54, 1.807) is 37.4 Å². The minimum absolute atomic E-state index is 0.234. The van der Waals surface area contributed by atoms with Gasteiger partial charge in [-0.15, -0.1) is 0 Å². The Balaban J connectivity index is 1.88. The van der Waals surface area contributed by atoms with Gasteiger partial charge >= 0.3 is 0 Å². The topological polar surface area (TPSA) is 83.7 Å². The maximum absolute atomic E-state index is 11.7. The molecule has 2 aromatic rings. The molecular formula is C17H15N3O3. The van der Waals surface area contributed by atoms with Crippen LogP contribution in [-0.2, 0) is 4.79 Å². The van der Waals surface area contributed by atoms with Crippen LogP contribution in [0.3, 0.4) is 0 Å². The van der Waals surface area contributed by atoms with Gasteiger partial charge in [0.2, 0.25) is 0 Å². The van der Waals surface area contributed by atoms with Gasteiger partial charge in [-0.1, -0.05) is 24.3 Å². The van der Waals surface area contributed by atoms with Crippen molar-refractivity contribution < 1.29 is 14.3 Å². The molecule has 0 aromatic heterocycles. The second-order valence-corrected chi connectivity index (χ2v) is 4.43. The summed E-state index contributed by atoms with van der Waals surface area (Å²) in [7, 11) is 1.56. The maximum atomic E-state index is 11.7. The summed E-state index contributed by atoms with van der Waals surface area (Å²) in [6.45, 7) is -0.234. The van der Waals surface area contributed by atoms with Crippen LogP contribution in [0.4, 0.5) is 0 Å². The third-order valence-electron chi connectivity index (χ3n) is 2.90. The van der Waals surface area contributed by atoms with E-state index in [9.17, 15) is 4.79 Å². The molecule has 1 N–H and O–H groups in total. The van der Waals surface area contributed by atoms with Gasteiger partial charge in [-0.3, -0.25) is 4.79 Å². The van der Waals surface area contributed by atoms with Gasteiger partial charge in [0.15, 0.2) is 6.61 Å². The largest absolute Gasteiger partial charge is 0.496 e. The molecule has 0 bridgehead atoms. The number of hydrazone groups is 1. The lowest BCUT2D eigenvalue weighted by Crippen LogP contribution is -2.24. The monoisotopic (exact) mass is 309 g/mol. The van der Waals surface area contributed by atoms with Gasteiger partial charge in [-0.2, -0.15) is 10.4 Å². The van der Waals surface area contributed by atoms with Crippen LogP contribution in [0.2, 0.25) is 0 Å². The molecule has 0 atom stereocenters. The van der Waals surface area contributed by atoms with E-state index in [-0.39, 0.29) is 6.61 Å². The van der Waals surface area contributed by atoms with Crippen LogP contribution in [0, 0.1) is 11.3 Å². The van der Waals surface area contributed by atoms with Gasteiger partial charge in [-0.25, -0.2) is 5.43 Å². The fourth-order valence-corrected chi connectivity index (χ4v) is 1.81. The van der Waals surface area contributed by atoms with Crippen LogP contribution < -0.4 is 14.9 Å². The number of hydrogen-bond donors (Lipinski definition) is 1. The SMILES string of the molecule is COc1ccccc1C=NNC(=O)COc1ccccc1C#N. The molecule has 1 amide bonds. The first-order valence-electron chi connectivity index (χ1n) is 6.81. The van der Waals surface area contributed by atoms with Gasteiger partial charge in [0.1, 0.15) is 17.6 Å². The summed E-state index contributed by atoms with van der Waals surface area (Å²) in [5.74, 6) is 0.590. The summed E-state index contributed by atoms with van der Waals surface area (Å²) in [4.78, 5) is 11.7. The zero-order valence-electron chi connectivity index (χ0n) is 12.5. The van der Waals surface area contributed by atoms with Gasteiger partial charge in [-0.05, 0) is 24.3 Å². The Morgan fingerprint density at radius 2 is 1.91 bits per heavy atom. The molecule has 0 saturated heterocycles. The lowest BCUT2D eigenvalue weighted by Gasteiger charge is -2.06. The summed E-state index contributed by atoms with van der Waals surface area (Å²) >= 11 is 0. The number of nitriles is 1. The van der Waals surface area contributed by atoms with Crippen molar-refractivity contribution >= 4 is 12.1 Å². The van der Waals surface area contributed by atoms with Crippen LogP contribution in [0.25, 0.3) is 0 Å². The summed E-state index contributed by atoms with van der Waals surface area (Å²) in [5, 5.41) is 12.8. The Hall–Kier alpha value is -3.33. The summed E-state index contributed by atoms with van der Waals surface area (Å²) in [6, 6.07) is 16.0. The summed E-state index contributed by atoms with van der Waals surface area (Å²) in [5.41, 5.74) is 3.47. The Morgan fingerprint density at radius 1 is 1.22 bits per heavy atom. The number of methoxy groups -OCH3 is 1. The molecule has 0 fully saturated rings. The van der Waals surface area contributed by atoms with Gasteiger partial charge in [0, 0.05) is 5.56 Å². The first-order chi connectivity index (χ1) is 11.2. The predicted molar refractivity (Wildman–Crippen MR) is 85.4 cm³/mol. The number of carbonyl (C=O) groups excluding carboxylic acids is 1. The molecule has 2 aromatic carbocycles. The van der Waals surface area contributed by atoms with Crippen LogP contribution >= 0.6 is 0 Å². The predicted octanol–water partition coefficient (Wildman–Crippen LogP) is 2.10. The van der Waals surface area contributed by atoms with E-state index in [0.29, 0.717) is 17.1 Å². The number of para-hydroxylation sites is 2. The molecule has 2 rings (SSSR count). The second kappa shape index (κ2) is 8.20. The number of ether oxygens (including phenoxy) is 2. The zero-order valence-corrected chi connectivity index (χ0v) is 12.5. The number of nitrogens with one attached hydrogen (secondary N) is 1. The average molecular weight is 309 g/mol. The zero-order chi connectivity index (χ0) is 16.5. The first kappa shape index (κ1) is 16.0. The van der Waals surface area contributed by atoms with Crippen LogP contribution in [-0.4, -0.2) is 25.8 Å². The van der Waals surface area contributed by atoms with E-state index in [0.717, 1.165) is 5.56 Å². The van der Waals surface area contributed by atoms with E-state index in [4.69, 9.17) is 14.7 Å². The van der Waals surface area contributed by atoms with Crippen LogP contribution in [0.15, 0.2) is 53.6 Å². The van der Waals surface area contributed by atoms with Crippen LogP contribution in [0.5, 0.6) is 11.5 Å². The number of benzene rings is 2. The standard InChI is InChI=1S/C17H15N3O3/c1-22-15-8-4-3-7-14(15)11-19-20-17(21)12-23-16-9-5-2-6-13(16)10-18/h2-9,11H,12H2,1H3,(H,20,21). The highest BCUT2D eigenvalue weighted by atomic mass is 16.5. The minimum Gasteiger partial charge on any atom is -0.496 e. The molecule has 0 aliphatic rings. The minimum atomic E-state index is -0.427. The number of nitrogens with zero attached hydrogens (tertiary/aromatic N) is 2. The Kier molecular flexibility index (Phi) is 5.72. The molecule has 0 aliphatic heterocycles. The molecule has 6 nitrogen and oxygen atoms in total. The Labute approximate surface area is 134 Å². The van der Waals surface area contributed by atoms with Crippen molar-refractivity contribution in [1.82, 2.24) is 5.43 Å². The van der Waals surface area contributed by atoms with E-state index in [2.05, 4.69) is 10.5 Å². The molecule has 0 aliphatic carbocycles. The Morgan fingerprint density at radius 3 is 2.65 bits per heavy atom. The number of carbonyl (C=O) groups is 1. The molecule has 6 heteroatoms. The highest BCUT2D eigenvalue weighted by molar-refractivity contribution is 5.85. The van der Waals surface area contributed by atoms with Crippen molar-refractivity contribution in [3.63, 3.8) is 0 Å². The number of amides is 1. The third-order valence-corrected chi connectivity index (χ3v) is 2.90. The van der Waals surface area contributed by atoms with Crippen molar-refractivity contribution in [2.24, 2.45) is 5.10 Å². The third kappa shape index (κ3) is 4.58. The fraction of sp³-hybridized carbons (Fsp3) is 0.118. The van der Waals surface area contributed by atoms with Gasteiger partial charge < -0.3 is 9.47 Å². The Bertz CT molecular complexity index is 751. The van der Waals surface area contributed by atoms with E-state index in [1.807, 2.05) is 24.3 Å². The summed E-state index contributed by atoms with van der Waals surface area (Å²) < 4.78 is 10.5. The lowest BCUT2D eigenvalue weighted by molar-refractivity contribution is -0.123. The van der Waals surface area contributed by atoms with Crippen molar-refractivity contribution in [3.8, 4) is 17.6 Å². The maximum Gasteiger partial charge on any atom is 0.277 e. The van der Waals surface area contributed by atoms with Crippen molar-refractivity contribution in [2.75, 3.05) is 13.7 Å². The highest BCUT2D eigenvalue weighted by Gasteiger charge is 2.05.